The third-order valence-electron chi connectivity index (χ3n) is 5.43. The molecule has 0 amide bonds. The second-order valence-electron chi connectivity index (χ2n) is 7.40. The van der Waals surface area contributed by atoms with Crippen LogP contribution in [0.25, 0.3) is 0 Å². The third-order valence-corrected chi connectivity index (χ3v) is 5.43. The molecular weight excluding hydrogens is 354 g/mol. The number of nitrogens with one attached hydrogen (secondary N) is 1. The van der Waals surface area contributed by atoms with E-state index in [1.54, 1.807) is 0 Å². The van der Waals surface area contributed by atoms with Crippen molar-refractivity contribution in [3.05, 3.63) is 35.5 Å². The van der Waals surface area contributed by atoms with Crippen LogP contribution in [0.3, 0.4) is 0 Å². The van der Waals surface area contributed by atoms with Crippen LogP contribution < -0.4 is 10.2 Å². The molecule has 2 aromatic rings. The van der Waals surface area contributed by atoms with Crippen molar-refractivity contribution in [1.29, 1.82) is 0 Å². The Hall–Kier alpha value is -2.32. The Morgan fingerprint density at radius 3 is 2.82 bits per heavy atom. The summed E-state index contributed by atoms with van der Waals surface area (Å²) >= 11 is 0. The molecule has 2 aliphatic heterocycles. The molecule has 0 radical (unpaired) electrons. The number of nitrogens with zero attached hydrogens (tertiary/aromatic N) is 6. The van der Waals surface area contributed by atoms with E-state index in [1.165, 1.54) is 12.8 Å². The minimum Gasteiger partial charge on any atom is -0.378 e. The standard InChI is InChI=1S/C20H29N7O/c1-15-23-17(13-19(21-2)24-15)18-5-3-4-8-27(18)14-16-6-7-22-20(25-16)26-9-11-28-12-10-26/h6-7,13,18H,3-5,8-12,14H2,1-2H3,(H,21,23,24). The van der Waals surface area contributed by atoms with Crippen molar-refractivity contribution < 1.29 is 4.74 Å². The molecular formula is C20H29N7O. The predicted molar refractivity (Wildman–Crippen MR) is 108 cm³/mol. The Kier molecular flexibility index (Phi) is 5.97. The summed E-state index contributed by atoms with van der Waals surface area (Å²) in [5.74, 6) is 2.50. The van der Waals surface area contributed by atoms with E-state index in [0.717, 1.165) is 74.8 Å². The summed E-state index contributed by atoms with van der Waals surface area (Å²) in [6.07, 6.45) is 5.42. The van der Waals surface area contributed by atoms with Crippen LogP contribution in [0.4, 0.5) is 11.8 Å². The fraction of sp³-hybridized carbons (Fsp3) is 0.600. The first-order chi connectivity index (χ1) is 13.7. The molecule has 8 nitrogen and oxygen atoms in total. The van der Waals surface area contributed by atoms with Crippen LogP contribution in [0.2, 0.25) is 0 Å². The first kappa shape index (κ1) is 19.0. The summed E-state index contributed by atoms with van der Waals surface area (Å²) in [7, 11) is 1.90. The van der Waals surface area contributed by atoms with Gasteiger partial charge < -0.3 is 15.0 Å². The van der Waals surface area contributed by atoms with E-state index in [9.17, 15) is 0 Å². The van der Waals surface area contributed by atoms with Gasteiger partial charge in [0.15, 0.2) is 0 Å². The summed E-state index contributed by atoms with van der Waals surface area (Å²) < 4.78 is 5.44. The smallest absolute Gasteiger partial charge is 0.225 e. The maximum Gasteiger partial charge on any atom is 0.225 e. The molecule has 2 aliphatic rings. The number of aromatic nitrogens is 4. The Morgan fingerprint density at radius 2 is 2.00 bits per heavy atom. The fourth-order valence-electron chi connectivity index (χ4n) is 4.00. The Morgan fingerprint density at radius 1 is 1.14 bits per heavy atom. The molecule has 0 aliphatic carbocycles. The van der Waals surface area contributed by atoms with Crippen LogP contribution in [0, 0.1) is 6.92 Å². The van der Waals surface area contributed by atoms with Gasteiger partial charge in [-0.25, -0.2) is 19.9 Å². The van der Waals surface area contributed by atoms with Gasteiger partial charge in [0.1, 0.15) is 11.6 Å². The maximum atomic E-state index is 5.44. The lowest BCUT2D eigenvalue weighted by Crippen LogP contribution is -2.38. The molecule has 1 atom stereocenters. The highest BCUT2D eigenvalue weighted by Crippen LogP contribution is 2.32. The van der Waals surface area contributed by atoms with Gasteiger partial charge in [0, 0.05) is 38.9 Å². The van der Waals surface area contributed by atoms with Crippen LogP contribution in [-0.2, 0) is 11.3 Å². The first-order valence-corrected chi connectivity index (χ1v) is 10.1. The van der Waals surface area contributed by atoms with E-state index < -0.39 is 0 Å². The molecule has 28 heavy (non-hydrogen) atoms. The number of likely N-dealkylation sites (tertiary alicyclic amines) is 1. The third kappa shape index (κ3) is 4.39. The van der Waals surface area contributed by atoms with E-state index in [2.05, 4.69) is 31.2 Å². The molecule has 4 heterocycles. The number of anilines is 2. The van der Waals surface area contributed by atoms with Gasteiger partial charge in [-0.3, -0.25) is 4.90 Å². The van der Waals surface area contributed by atoms with Gasteiger partial charge in [-0.05, 0) is 32.4 Å². The van der Waals surface area contributed by atoms with Crippen molar-refractivity contribution in [3.63, 3.8) is 0 Å². The van der Waals surface area contributed by atoms with Crippen molar-refractivity contribution in [1.82, 2.24) is 24.8 Å². The number of aryl methyl sites for hydroxylation is 1. The van der Waals surface area contributed by atoms with E-state index in [0.29, 0.717) is 6.04 Å². The lowest BCUT2D eigenvalue weighted by Gasteiger charge is -2.35. The molecule has 0 bridgehead atoms. The van der Waals surface area contributed by atoms with E-state index in [-0.39, 0.29) is 0 Å². The number of piperidine rings is 1. The minimum absolute atomic E-state index is 0.296. The van der Waals surface area contributed by atoms with Crippen molar-refractivity contribution in [2.24, 2.45) is 0 Å². The largest absolute Gasteiger partial charge is 0.378 e. The molecule has 8 heteroatoms. The zero-order valence-electron chi connectivity index (χ0n) is 16.8. The van der Waals surface area contributed by atoms with Crippen LogP contribution >= 0.6 is 0 Å². The van der Waals surface area contributed by atoms with Crippen LogP contribution in [0.15, 0.2) is 18.3 Å². The number of rotatable bonds is 5. The Labute approximate surface area is 166 Å². The average molecular weight is 384 g/mol. The fourth-order valence-corrected chi connectivity index (χ4v) is 4.00. The number of hydrogen-bond acceptors (Lipinski definition) is 8. The maximum absolute atomic E-state index is 5.44. The number of ether oxygens (including phenoxy) is 1. The first-order valence-electron chi connectivity index (χ1n) is 10.1. The topological polar surface area (TPSA) is 79.3 Å². The summed E-state index contributed by atoms with van der Waals surface area (Å²) in [6, 6.07) is 4.40. The monoisotopic (exact) mass is 383 g/mol. The predicted octanol–water partition coefficient (Wildman–Crippen LogP) is 2.18. The average Bonchev–Trinajstić information content (AvgIpc) is 2.74. The molecule has 1 unspecified atom stereocenters. The quantitative estimate of drug-likeness (QED) is 0.842. The summed E-state index contributed by atoms with van der Waals surface area (Å²) in [5.41, 5.74) is 2.15. The lowest BCUT2D eigenvalue weighted by molar-refractivity contribution is 0.121. The number of morpholine rings is 1. The van der Waals surface area contributed by atoms with E-state index >= 15 is 0 Å². The van der Waals surface area contributed by atoms with E-state index in [1.807, 2.05) is 26.2 Å². The molecule has 1 N–H and O–H groups in total. The highest BCUT2D eigenvalue weighted by Gasteiger charge is 2.26. The summed E-state index contributed by atoms with van der Waals surface area (Å²) in [6.45, 7) is 7.00. The molecule has 2 aromatic heterocycles. The zero-order chi connectivity index (χ0) is 19.3. The van der Waals surface area contributed by atoms with Gasteiger partial charge in [0.25, 0.3) is 0 Å². The van der Waals surface area contributed by atoms with Gasteiger partial charge >= 0.3 is 0 Å². The minimum atomic E-state index is 0.296. The second kappa shape index (κ2) is 8.79. The van der Waals surface area contributed by atoms with Crippen molar-refractivity contribution >= 4 is 11.8 Å². The zero-order valence-corrected chi connectivity index (χ0v) is 16.8. The molecule has 0 saturated carbocycles. The number of hydrogen-bond donors (Lipinski definition) is 1. The SMILES string of the molecule is CNc1cc(C2CCCCN2Cc2ccnc(N3CCOCC3)n2)nc(C)n1. The Bertz CT molecular complexity index is 794. The van der Waals surface area contributed by atoms with Gasteiger partial charge in [-0.2, -0.15) is 0 Å². The highest BCUT2D eigenvalue weighted by molar-refractivity contribution is 5.36. The highest BCUT2D eigenvalue weighted by atomic mass is 16.5. The van der Waals surface area contributed by atoms with Crippen LogP contribution in [-0.4, -0.2) is 64.7 Å². The van der Waals surface area contributed by atoms with Gasteiger partial charge in [0.2, 0.25) is 5.95 Å². The molecule has 4 rings (SSSR count). The molecule has 0 aromatic carbocycles. The summed E-state index contributed by atoms with van der Waals surface area (Å²) in [4.78, 5) is 23.2. The molecule has 2 saturated heterocycles. The second-order valence-corrected chi connectivity index (χ2v) is 7.40. The van der Waals surface area contributed by atoms with Gasteiger partial charge in [0.05, 0.1) is 30.6 Å². The van der Waals surface area contributed by atoms with E-state index in [4.69, 9.17) is 14.7 Å². The van der Waals surface area contributed by atoms with Gasteiger partial charge in [-0.15, -0.1) is 0 Å². The van der Waals surface area contributed by atoms with Crippen molar-refractivity contribution in [3.8, 4) is 0 Å². The molecule has 2 fully saturated rings. The summed E-state index contributed by atoms with van der Waals surface area (Å²) in [5, 5.41) is 3.15. The van der Waals surface area contributed by atoms with Crippen LogP contribution in [0.1, 0.15) is 42.5 Å². The molecule has 0 spiro atoms. The van der Waals surface area contributed by atoms with Crippen molar-refractivity contribution in [2.45, 2.75) is 38.8 Å². The molecule has 150 valence electrons. The van der Waals surface area contributed by atoms with Gasteiger partial charge in [-0.1, -0.05) is 6.42 Å². The van der Waals surface area contributed by atoms with Crippen LogP contribution in [0.5, 0.6) is 0 Å². The van der Waals surface area contributed by atoms with Crippen molar-refractivity contribution in [2.75, 3.05) is 50.1 Å². The lowest BCUT2D eigenvalue weighted by atomic mass is 9.98. The normalized spacial score (nSPS) is 20.9. The Balaban J connectivity index is 1.53.